The van der Waals surface area contributed by atoms with Crippen molar-refractivity contribution in [2.45, 2.75) is 18.2 Å². The van der Waals surface area contributed by atoms with Crippen LogP contribution in [0.25, 0.3) is 0 Å². The highest BCUT2D eigenvalue weighted by molar-refractivity contribution is 7.80. The normalized spacial score (nSPS) is 9.92. The molecule has 0 N–H and O–H groups in total. The number of thiol groups is 1. The number of hydrogen-bond donors (Lipinski definition) is 1. The predicted molar refractivity (Wildman–Crippen MR) is 53.1 cm³/mol. The summed E-state index contributed by atoms with van der Waals surface area (Å²) in [5.41, 5.74) is 0.955. The summed E-state index contributed by atoms with van der Waals surface area (Å²) in [6, 6.07) is 5.40. The maximum absolute atomic E-state index is 10.8. The topological polar surface area (TPSA) is 17.1 Å². The first-order chi connectivity index (χ1) is 5.59. The van der Waals surface area contributed by atoms with Crippen LogP contribution in [0.5, 0.6) is 0 Å². The molecule has 0 radical (unpaired) electrons. The van der Waals surface area contributed by atoms with Gasteiger partial charge in [0.15, 0.2) is 0 Å². The Balaban J connectivity index is 2.89. The summed E-state index contributed by atoms with van der Waals surface area (Å²) in [6.07, 6.45) is 0.449. The van der Waals surface area contributed by atoms with Crippen molar-refractivity contribution >= 4 is 30.0 Å². The van der Waals surface area contributed by atoms with Gasteiger partial charge in [0, 0.05) is 11.3 Å². The van der Waals surface area contributed by atoms with Gasteiger partial charge in [-0.2, -0.15) is 0 Å². The largest absolute Gasteiger partial charge is 0.300 e. The minimum Gasteiger partial charge on any atom is -0.300 e. The summed E-state index contributed by atoms with van der Waals surface area (Å²) in [5.74, 6) is 0.144. The maximum Gasteiger partial charge on any atom is 0.134 e. The molecule has 0 aliphatic rings. The van der Waals surface area contributed by atoms with E-state index in [1.165, 1.54) is 0 Å². The first-order valence-corrected chi connectivity index (χ1v) is 4.39. The summed E-state index contributed by atoms with van der Waals surface area (Å²) in [7, 11) is 0. The molecule has 0 aliphatic heterocycles. The lowest BCUT2D eigenvalue weighted by Crippen LogP contribution is -1.95. The fourth-order valence-electron chi connectivity index (χ4n) is 0.956. The van der Waals surface area contributed by atoms with Crippen LogP contribution in [-0.2, 0) is 11.2 Å². The number of benzene rings is 1. The van der Waals surface area contributed by atoms with Gasteiger partial charge in [-0.3, -0.25) is 4.79 Å². The van der Waals surface area contributed by atoms with Gasteiger partial charge in [-0.25, -0.2) is 0 Å². The van der Waals surface area contributed by atoms with Gasteiger partial charge in [-0.15, -0.1) is 12.6 Å². The van der Waals surface area contributed by atoms with Crippen molar-refractivity contribution < 1.29 is 4.79 Å². The van der Waals surface area contributed by atoms with Gasteiger partial charge in [0.05, 0.1) is 5.02 Å². The number of carbonyl (C=O) groups is 1. The molecule has 1 rings (SSSR count). The lowest BCUT2D eigenvalue weighted by atomic mass is 10.1. The zero-order valence-electron chi connectivity index (χ0n) is 6.67. The number of Topliss-reactive ketones (excluding diaryl/α,β-unsaturated/α-hetero) is 1. The second-order valence-corrected chi connectivity index (χ2v) is 3.55. The SMILES string of the molecule is CC(=O)Cc1ccc(Cl)c(S)c1. The Morgan fingerprint density at radius 1 is 1.58 bits per heavy atom. The van der Waals surface area contributed by atoms with Crippen molar-refractivity contribution in [1.29, 1.82) is 0 Å². The molecule has 0 unspecified atom stereocenters. The van der Waals surface area contributed by atoms with Crippen LogP contribution in [0.15, 0.2) is 23.1 Å². The van der Waals surface area contributed by atoms with Crippen LogP contribution >= 0.6 is 24.2 Å². The molecular formula is C9H9ClOS. The molecule has 0 fully saturated rings. The van der Waals surface area contributed by atoms with E-state index in [0.717, 1.165) is 10.5 Å². The van der Waals surface area contributed by atoms with E-state index in [2.05, 4.69) is 12.6 Å². The average Bonchev–Trinajstić information content (AvgIpc) is 1.96. The molecule has 0 saturated carbocycles. The molecule has 12 heavy (non-hydrogen) atoms. The molecule has 1 aromatic carbocycles. The van der Waals surface area contributed by atoms with Gasteiger partial charge in [-0.05, 0) is 24.6 Å². The quantitative estimate of drug-likeness (QED) is 0.727. The molecule has 1 aromatic rings. The van der Waals surface area contributed by atoms with Gasteiger partial charge in [0.1, 0.15) is 5.78 Å². The lowest BCUT2D eigenvalue weighted by Gasteiger charge is -2.00. The van der Waals surface area contributed by atoms with E-state index in [9.17, 15) is 4.79 Å². The summed E-state index contributed by atoms with van der Waals surface area (Å²) in [6.45, 7) is 1.56. The van der Waals surface area contributed by atoms with E-state index in [4.69, 9.17) is 11.6 Å². The van der Waals surface area contributed by atoms with Crippen LogP contribution in [0, 0.1) is 0 Å². The van der Waals surface area contributed by atoms with Crippen LogP contribution in [0.4, 0.5) is 0 Å². The minimum absolute atomic E-state index is 0.144. The van der Waals surface area contributed by atoms with Crippen LogP contribution < -0.4 is 0 Å². The summed E-state index contributed by atoms with van der Waals surface area (Å²) in [5, 5.41) is 0.616. The lowest BCUT2D eigenvalue weighted by molar-refractivity contribution is -0.116. The Kier molecular flexibility index (Phi) is 3.18. The third kappa shape index (κ3) is 2.54. The second kappa shape index (κ2) is 3.97. The maximum atomic E-state index is 10.8. The number of carbonyl (C=O) groups excluding carboxylic acids is 1. The Morgan fingerprint density at radius 2 is 2.25 bits per heavy atom. The van der Waals surface area contributed by atoms with Gasteiger partial charge < -0.3 is 0 Å². The van der Waals surface area contributed by atoms with E-state index >= 15 is 0 Å². The van der Waals surface area contributed by atoms with E-state index in [1.807, 2.05) is 12.1 Å². The van der Waals surface area contributed by atoms with E-state index in [-0.39, 0.29) is 5.78 Å². The Morgan fingerprint density at radius 3 is 2.75 bits per heavy atom. The zero-order chi connectivity index (χ0) is 9.14. The molecule has 1 nitrogen and oxygen atoms in total. The highest BCUT2D eigenvalue weighted by Crippen LogP contribution is 2.21. The molecule has 0 aliphatic carbocycles. The molecule has 0 saturated heterocycles. The molecule has 0 amide bonds. The molecule has 0 spiro atoms. The van der Waals surface area contributed by atoms with Crippen molar-refractivity contribution in [3.63, 3.8) is 0 Å². The Hall–Kier alpha value is -0.470. The smallest absolute Gasteiger partial charge is 0.134 e. The van der Waals surface area contributed by atoms with E-state index in [0.29, 0.717) is 11.4 Å². The molecular weight excluding hydrogens is 192 g/mol. The molecule has 0 bridgehead atoms. The fraction of sp³-hybridized carbons (Fsp3) is 0.222. The van der Waals surface area contributed by atoms with E-state index in [1.54, 1.807) is 13.0 Å². The third-order valence-electron chi connectivity index (χ3n) is 1.46. The van der Waals surface area contributed by atoms with Gasteiger partial charge in [0.2, 0.25) is 0 Å². The minimum atomic E-state index is 0.144. The Bertz CT molecular complexity index is 309. The summed E-state index contributed by atoms with van der Waals surface area (Å²) < 4.78 is 0. The van der Waals surface area contributed by atoms with Gasteiger partial charge in [-0.1, -0.05) is 17.7 Å². The number of hydrogen-bond acceptors (Lipinski definition) is 2. The van der Waals surface area contributed by atoms with Gasteiger partial charge >= 0.3 is 0 Å². The summed E-state index contributed by atoms with van der Waals surface area (Å²) >= 11 is 9.90. The third-order valence-corrected chi connectivity index (χ3v) is 2.29. The number of rotatable bonds is 2. The number of ketones is 1. The zero-order valence-corrected chi connectivity index (χ0v) is 8.32. The van der Waals surface area contributed by atoms with Crippen LogP contribution in [0.3, 0.4) is 0 Å². The highest BCUT2D eigenvalue weighted by atomic mass is 35.5. The molecule has 3 heteroatoms. The van der Waals surface area contributed by atoms with Crippen LogP contribution in [0.2, 0.25) is 5.02 Å². The standard InChI is InChI=1S/C9H9ClOS/c1-6(11)4-7-2-3-8(10)9(12)5-7/h2-3,5,12H,4H2,1H3. The first kappa shape index (κ1) is 9.62. The number of halogens is 1. The molecule has 0 heterocycles. The first-order valence-electron chi connectivity index (χ1n) is 3.56. The van der Waals surface area contributed by atoms with Crippen molar-refractivity contribution in [3.05, 3.63) is 28.8 Å². The summed E-state index contributed by atoms with van der Waals surface area (Å²) in [4.78, 5) is 11.5. The van der Waals surface area contributed by atoms with Crippen LogP contribution in [0.1, 0.15) is 12.5 Å². The highest BCUT2D eigenvalue weighted by Gasteiger charge is 2.00. The molecule has 64 valence electrons. The van der Waals surface area contributed by atoms with Crippen molar-refractivity contribution in [2.24, 2.45) is 0 Å². The van der Waals surface area contributed by atoms with Gasteiger partial charge in [0.25, 0.3) is 0 Å². The molecule has 0 atom stereocenters. The van der Waals surface area contributed by atoms with Crippen LogP contribution in [-0.4, -0.2) is 5.78 Å². The Labute approximate surface area is 82.1 Å². The second-order valence-electron chi connectivity index (χ2n) is 2.66. The fourth-order valence-corrected chi connectivity index (χ4v) is 1.31. The van der Waals surface area contributed by atoms with Crippen molar-refractivity contribution in [1.82, 2.24) is 0 Å². The van der Waals surface area contributed by atoms with Crippen molar-refractivity contribution in [2.75, 3.05) is 0 Å². The van der Waals surface area contributed by atoms with Crippen molar-refractivity contribution in [3.8, 4) is 0 Å². The molecule has 0 aromatic heterocycles. The average molecular weight is 201 g/mol. The monoisotopic (exact) mass is 200 g/mol. The van der Waals surface area contributed by atoms with E-state index < -0.39 is 0 Å². The predicted octanol–water partition coefficient (Wildman–Crippen LogP) is 2.76.